The smallest absolute Gasteiger partial charge is 0.254 e. The number of nitrogens with zero attached hydrogens (tertiary/aromatic N) is 2. The van der Waals surface area contributed by atoms with E-state index in [9.17, 15) is 4.79 Å². The highest BCUT2D eigenvalue weighted by Gasteiger charge is 2.11. The Hall–Kier alpha value is -4.55. The van der Waals surface area contributed by atoms with E-state index in [-0.39, 0.29) is 12.5 Å². The van der Waals surface area contributed by atoms with Crippen LogP contribution in [0.3, 0.4) is 0 Å². The first kappa shape index (κ1) is 18.8. The van der Waals surface area contributed by atoms with Crippen molar-refractivity contribution in [3.8, 4) is 24.2 Å². The minimum Gasteiger partial charge on any atom is -0.355 e. The minimum absolute atomic E-state index is 0.175. The molecule has 2 aromatic carbocycles. The van der Waals surface area contributed by atoms with Gasteiger partial charge in [-0.2, -0.15) is 5.10 Å². The molecule has 0 aliphatic rings. The standard InChI is InChI=1S/C24H17N5O/c1-2-14-26-24(30)20-8-3-4-9-21(20)27-18-10-12-19-22(28-29-23(19)16-18)13-11-17-7-5-6-15-25-17/h1,3-10,12,15-16,27H,14H2,(H,26,30)(H,28,29). The Morgan fingerprint density at radius 2 is 1.93 bits per heavy atom. The predicted octanol–water partition coefficient (Wildman–Crippen LogP) is 3.46. The number of fused-ring (bicyclic) bond motifs is 1. The van der Waals surface area contributed by atoms with Gasteiger partial charge in [0.15, 0.2) is 0 Å². The van der Waals surface area contributed by atoms with Crippen LogP contribution in [0.25, 0.3) is 10.9 Å². The quantitative estimate of drug-likeness (QED) is 0.465. The molecule has 3 N–H and O–H groups in total. The number of terminal acetylenes is 1. The zero-order chi connectivity index (χ0) is 20.8. The number of nitrogens with one attached hydrogen (secondary N) is 3. The lowest BCUT2D eigenvalue weighted by atomic mass is 10.1. The molecule has 4 rings (SSSR count). The first-order valence-electron chi connectivity index (χ1n) is 9.23. The maximum absolute atomic E-state index is 12.3. The molecule has 0 saturated heterocycles. The molecule has 4 aromatic rings. The summed E-state index contributed by atoms with van der Waals surface area (Å²) in [7, 11) is 0. The zero-order valence-electron chi connectivity index (χ0n) is 15.9. The van der Waals surface area contributed by atoms with Gasteiger partial charge in [0, 0.05) is 17.3 Å². The highest BCUT2D eigenvalue weighted by molar-refractivity contribution is 6.00. The molecule has 30 heavy (non-hydrogen) atoms. The summed E-state index contributed by atoms with van der Waals surface area (Å²) in [5, 5.41) is 14.2. The van der Waals surface area contributed by atoms with Crippen molar-refractivity contribution in [2.24, 2.45) is 0 Å². The number of para-hydroxylation sites is 1. The fourth-order valence-electron chi connectivity index (χ4n) is 2.92. The number of hydrogen-bond donors (Lipinski definition) is 3. The molecule has 0 fully saturated rings. The molecule has 144 valence electrons. The summed E-state index contributed by atoms with van der Waals surface area (Å²) in [6.07, 6.45) is 6.93. The minimum atomic E-state index is -0.232. The lowest BCUT2D eigenvalue weighted by Gasteiger charge is -2.11. The normalized spacial score (nSPS) is 9.97. The van der Waals surface area contributed by atoms with Crippen LogP contribution in [0.4, 0.5) is 11.4 Å². The number of carbonyl (C=O) groups excluding carboxylic acids is 1. The molecule has 0 atom stereocenters. The lowest BCUT2D eigenvalue weighted by Crippen LogP contribution is -2.24. The van der Waals surface area contributed by atoms with Crippen molar-refractivity contribution >= 4 is 28.2 Å². The fourth-order valence-corrected chi connectivity index (χ4v) is 2.92. The van der Waals surface area contributed by atoms with Crippen LogP contribution in [0.1, 0.15) is 21.7 Å². The Morgan fingerprint density at radius 1 is 1.07 bits per heavy atom. The first-order valence-corrected chi connectivity index (χ1v) is 9.23. The Labute approximate surface area is 173 Å². The Kier molecular flexibility index (Phi) is 5.41. The number of benzene rings is 2. The third kappa shape index (κ3) is 4.14. The number of rotatable bonds is 4. The van der Waals surface area contributed by atoms with Gasteiger partial charge in [-0.15, -0.1) is 6.42 Å². The van der Waals surface area contributed by atoms with Gasteiger partial charge in [0.2, 0.25) is 0 Å². The van der Waals surface area contributed by atoms with E-state index in [1.807, 2.05) is 48.5 Å². The largest absolute Gasteiger partial charge is 0.355 e. The number of aromatic nitrogens is 3. The molecule has 2 heterocycles. The molecule has 0 unspecified atom stereocenters. The number of pyridine rings is 1. The molecule has 0 aliphatic carbocycles. The van der Waals surface area contributed by atoms with Gasteiger partial charge in [0.25, 0.3) is 5.91 Å². The molecule has 0 saturated carbocycles. The van der Waals surface area contributed by atoms with E-state index in [0.29, 0.717) is 16.9 Å². The number of amides is 1. The molecule has 6 nitrogen and oxygen atoms in total. The summed E-state index contributed by atoms with van der Waals surface area (Å²) in [5.74, 6) is 8.27. The monoisotopic (exact) mass is 391 g/mol. The van der Waals surface area contributed by atoms with Crippen LogP contribution in [0.15, 0.2) is 66.9 Å². The van der Waals surface area contributed by atoms with Crippen LogP contribution in [0.5, 0.6) is 0 Å². The Bertz CT molecular complexity index is 1310. The van der Waals surface area contributed by atoms with Crippen molar-refractivity contribution in [3.63, 3.8) is 0 Å². The van der Waals surface area contributed by atoms with E-state index in [1.165, 1.54) is 0 Å². The second-order valence-electron chi connectivity index (χ2n) is 6.35. The highest BCUT2D eigenvalue weighted by atomic mass is 16.1. The van der Waals surface area contributed by atoms with Crippen molar-refractivity contribution in [1.82, 2.24) is 20.5 Å². The van der Waals surface area contributed by atoms with Gasteiger partial charge in [-0.1, -0.05) is 24.1 Å². The number of hydrogen-bond acceptors (Lipinski definition) is 4. The zero-order valence-corrected chi connectivity index (χ0v) is 15.9. The number of H-pyrrole nitrogens is 1. The van der Waals surface area contributed by atoms with Gasteiger partial charge in [-0.05, 0) is 54.3 Å². The number of anilines is 2. The van der Waals surface area contributed by atoms with Crippen LogP contribution < -0.4 is 10.6 Å². The summed E-state index contributed by atoms with van der Waals surface area (Å²) in [4.78, 5) is 16.5. The van der Waals surface area contributed by atoms with Crippen molar-refractivity contribution in [2.45, 2.75) is 0 Å². The van der Waals surface area contributed by atoms with Crippen LogP contribution in [0.2, 0.25) is 0 Å². The number of aromatic amines is 1. The first-order chi connectivity index (χ1) is 14.7. The summed E-state index contributed by atoms with van der Waals surface area (Å²) < 4.78 is 0. The topological polar surface area (TPSA) is 82.7 Å². The molecular weight excluding hydrogens is 374 g/mol. The van der Waals surface area contributed by atoms with E-state index in [0.717, 1.165) is 22.3 Å². The third-order valence-corrected chi connectivity index (χ3v) is 4.34. The predicted molar refractivity (Wildman–Crippen MR) is 117 cm³/mol. The molecule has 1 amide bonds. The Morgan fingerprint density at radius 3 is 2.77 bits per heavy atom. The Balaban J connectivity index is 1.59. The fraction of sp³-hybridized carbons (Fsp3) is 0.0417. The maximum Gasteiger partial charge on any atom is 0.254 e. The van der Waals surface area contributed by atoms with Crippen LogP contribution in [-0.4, -0.2) is 27.6 Å². The van der Waals surface area contributed by atoms with E-state index in [1.54, 1.807) is 18.3 Å². The van der Waals surface area contributed by atoms with E-state index >= 15 is 0 Å². The van der Waals surface area contributed by atoms with Gasteiger partial charge in [0.1, 0.15) is 11.4 Å². The van der Waals surface area contributed by atoms with Gasteiger partial charge in [-0.3, -0.25) is 9.89 Å². The summed E-state index contributed by atoms with van der Waals surface area (Å²) >= 11 is 0. The van der Waals surface area contributed by atoms with Crippen molar-refractivity contribution < 1.29 is 4.79 Å². The molecular formula is C24H17N5O. The van der Waals surface area contributed by atoms with Crippen molar-refractivity contribution in [3.05, 3.63) is 83.8 Å². The highest BCUT2D eigenvalue weighted by Crippen LogP contribution is 2.25. The van der Waals surface area contributed by atoms with Gasteiger partial charge in [0.05, 0.1) is 23.3 Å². The molecule has 6 heteroatoms. The van der Waals surface area contributed by atoms with Crippen LogP contribution >= 0.6 is 0 Å². The van der Waals surface area contributed by atoms with Crippen molar-refractivity contribution in [1.29, 1.82) is 0 Å². The van der Waals surface area contributed by atoms with Gasteiger partial charge >= 0.3 is 0 Å². The van der Waals surface area contributed by atoms with E-state index in [2.05, 4.69) is 43.6 Å². The molecule has 0 bridgehead atoms. The third-order valence-electron chi connectivity index (χ3n) is 4.34. The summed E-state index contributed by atoms with van der Waals surface area (Å²) in [6.45, 7) is 0.175. The molecule has 2 aromatic heterocycles. The molecule has 0 aliphatic heterocycles. The average Bonchev–Trinajstić information content (AvgIpc) is 3.19. The summed E-state index contributed by atoms with van der Waals surface area (Å²) in [6, 6.07) is 18.6. The SMILES string of the molecule is C#CCNC(=O)c1ccccc1Nc1ccc2c(C#Cc3ccccn3)[nH]nc2c1. The van der Waals surface area contributed by atoms with Crippen LogP contribution in [0, 0.1) is 24.2 Å². The second kappa shape index (κ2) is 8.64. The molecule has 0 radical (unpaired) electrons. The number of carbonyl (C=O) groups is 1. The van der Waals surface area contributed by atoms with Crippen LogP contribution in [-0.2, 0) is 0 Å². The second-order valence-corrected chi connectivity index (χ2v) is 6.35. The summed E-state index contributed by atoms with van der Waals surface area (Å²) in [5.41, 5.74) is 4.17. The van der Waals surface area contributed by atoms with E-state index < -0.39 is 0 Å². The maximum atomic E-state index is 12.3. The average molecular weight is 391 g/mol. The lowest BCUT2D eigenvalue weighted by molar-refractivity contribution is 0.0959. The van der Waals surface area contributed by atoms with Crippen molar-refractivity contribution in [2.75, 3.05) is 11.9 Å². The van der Waals surface area contributed by atoms with Gasteiger partial charge in [-0.25, -0.2) is 4.98 Å². The molecule has 0 spiro atoms. The van der Waals surface area contributed by atoms with Gasteiger partial charge < -0.3 is 10.6 Å². The van der Waals surface area contributed by atoms with E-state index in [4.69, 9.17) is 6.42 Å².